The van der Waals surface area contributed by atoms with Crippen molar-refractivity contribution < 1.29 is 5.11 Å². The molecule has 0 bridgehead atoms. The van der Waals surface area contributed by atoms with Crippen LogP contribution in [0, 0.1) is 17.8 Å². The second-order valence-corrected chi connectivity index (χ2v) is 11.9. The van der Waals surface area contributed by atoms with E-state index in [1.54, 1.807) is 0 Å². The number of hydrogen-bond acceptors (Lipinski definition) is 1. The normalized spacial score (nSPS) is 15.2. The molecular formula is C32H64O. The van der Waals surface area contributed by atoms with E-state index in [1.807, 2.05) is 0 Å². The Morgan fingerprint density at radius 2 is 1.03 bits per heavy atom. The van der Waals surface area contributed by atoms with Gasteiger partial charge in [0.05, 0.1) is 6.10 Å². The average Bonchev–Trinajstić information content (AvgIpc) is 2.74. The van der Waals surface area contributed by atoms with E-state index in [4.69, 9.17) is 0 Å². The van der Waals surface area contributed by atoms with Crippen LogP contribution < -0.4 is 0 Å². The summed E-state index contributed by atoms with van der Waals surface area (Å²) in [6, 6.07) is 0. The molecule has 0 aliphatic carbocycles. The lowest BCUT2D eigenvalue weighted by Crippen LogP contribution is -2.03. The van der Waals surface area contributed by atoms with Gasteiger partial charge in [-0.2, -0.15) is 0 Å². The summed E-state index contributed by atoms with van der Waals surface area (Å²) in [5, 5.41) is 10.3. The lowest BCUT2D eigenvalue weighted by atomic mass is 9.91. The molecule has 0 aliphatic heterocycles. The highest BCUT2D eigenvalue weighted by Crippen LogP contribution is 2.22. The fraction of sp³-hybridized carbons (Fsp3) is 0.938. The van der Waals surface area contributed by atoms with E-state index >= 15 is 0 Å². The summed E-state index contributed by atoms with van der Waals surface area (Å²) in [5.41, 5.74) is 1.39. The Hall–Kier alpha value is -0.300. The zero-order valence-electron chi connectivity index (χ0n) is 24.0. The predicted octanol–water partition coefficient (Wildman–Crippen LogP) is 11.0. The summed E-state index contributed by atoms with van der Waals surface area (Å²) in [5.74, 6) is 2.60. The van der Waals surface area contributed by atoms with Crippen molar-refractivity contribution in [2.24, 2.45) is 17.8 Å². The van der Waals surface area contributed by atoms with Crippen LogP contribution in [0.4, 0.5) is 0 Å². The second kappa shape index (κ2) is 23.4. The van der Waals surface area contributed by atoms with Crippen molar-refractivity contribution in [2.45, 2.75) is 176 Å². The Bertz CT molecular complexity index is 424. The lowest BCUT2D eigenvalue weighted by molar-refractivity contribution is 0.206. The summed E-state index contributed by atoms with van der Waals surface area (Å²) in [4.78, 5) is 0. The van der Waals surface area contributed by atoms with Crippen LogP contribution in [-0.2, 0) is 0 Å². The van der Waals surface area contributed by atoms with Gasteiger partial charge in [-0.25, -0.2) is 0 Å². The van der Waals surface area contributed by atoms with Crippen molar-refractivity contribution in [2.75, 3.05) is 0 Å². The second-order valence-electron chi connectivity index (χ2n) is 11.9. The molecule has 0 heterocycles. The van der Waals surface area contributed by atoms with Crippen molar-refractivity contribution in [3.8, 4) is 0 Å². The number of aliphatic hydroxyl groups is 1. The van der Waals surface area contributed by atoms with Crippen molar-refractivity contribution in [1.29, 1.82) is 0 Å². The first-order chi connectivity index (χ1) is 15.8. The van der Waals surface area contributed by atoms with E-state index in [-0.39, 0.29) is 6.10 Å². The number of rotatable bonds is 24. The summed E-state index contributed by atoms with van der Waals surface area (Å²) in [6.45, 7) is 14.0. The van der Waals surface area contributed by atoms with Gasteiger partial charge < -0.3 is 5.11 Å². The van der Waals surface area contributed by atoms with Crippen LogP contribution in [0.1, 0.15) is 170 Å². The first-order valence-corrected chi connectivity index (χ1v) is 15.2. The summed E-state index contributed by atoms with van der Waals surface area (Å²) in [7, 11) is 0. The molecule has 3 atom stereocenters. The molecule has 0 fully saturated rings. The topological polar surface area (TPSA) is 20.2 Å². The Labute approximate surface area is 210 Å². The van der Waals surface area contributed by atoms with Gasteiger partial charge in [0.1, 0.15) is 0 Å². The van der Waals surface area contributed by atoms with E-state index in [9.17, 15) is 5.11 Å². The average molecular weight is 465 g/mol. The number of aliphatic hydroxyl groups excluding tert-OH is 1. The van der Waals surface area contributed by atoms with Crippen molar-refractivity contribution in [3.05, 3.63) is 11.6 Å². The molecule has 0 spiro atoms. The van der Waals surface area contributed by atoms with Gasteiger partial charge in [-0.05, 0) is 43.9 Å². The highest BCUT2D eigenvalue weighted by molar-refractivity contribution is 5.01. The molecule has 1 nitrogen and oxygen atoms in total. The van der Waals surface area contributed by atoms with Crippen LogP contribution in [-0.4, -0.2) is 11.2 Å². The molecule has 198 valence electrons. The minimum atomic E-state index is -0.228. The fourth-order valence-corrected chi connectivity index (χ4v) is 5.04. The molecule has 1 heteroatoms. The van der Waals surface area contributed by atoms with Gasteiger partial charge in [0, 0.05) is 0 Å². The molecule has 0 aromatic carbocycles. The van der Waals surface area contributed by atoms with Crippen LogP contribution >= 0.6 is 0 Å². The summed E-state index contributed by atoms with van der Waals surface area (Å²) in [6.07, 6.45) is 28.6. The Morgan fingerprint density at radius 1 is 0.576 bits per heavy atom. The molecule has 3 unspecified atom stereocenters. The van der Waals surface area contributed by atoms with Crippen molar-refractivity contribution in [1.82, 2.24) is 0 Å². The van der Waals surface area contributed by atoms with E-state index in [1.165, 1.54) is 121 Å². The standard InChI is InChI=1S/C32H64O/c1-7-8-9-10-11-12-13-14-15-16-26-32(33)27-31(6)25-19-24-30(5)23-18-22-29(4)21-17-20-28(2)3/h27-30,32-33H,7-26H2,1-6H3. The fourth-order valence-electron chi connectivity index (χ4n) is 5.04. The molecule has 0 saturated heterocycles. The quantitative estimate of drug-likeness (QED) is 0.111. The predicted molar refractivity (Wildman–Crippen MR) is 151 cm³/mol. The van der Waals surface area contributed by atoms with Gasteiger partial charge in [-0.15, -0.1) is 0 Å². The summed E-state index contributed by atoms with van der Waals surface area (Å²) < 4.78 is 0. The molecule has 0 saturated carbocycles. The van der Waals surface area contributed by atoms with Gasteiger partial charge in [0.25, 0.3) is 0 Å². The first-order valence-electron chi connectivity index (χ1n) is 15.2. The van der Waals surface area contributed by atoms with Crippen LogP contribution in [0.2, 0.25) is 0 Å². The Kier molecular flexibility index (Phi) is 23.2. The maximum Gasteiger partial charge on any atom is 0.0723 e. The third-order valence-corrected chi connectivity index (χ3v) is 7.47. The van der Waals surface area contributed by atoms with Crippen LogP contribution in [0.25, 0.3) is 0 Å². The summed E-state index contributed by atoms with van der Waals surface area (Å²) >= 11 is 0. The Morgan fingerprint density at radius 3 is 1.55 bits per heavy atom. The third kappa shape index (κ3) is 24.6. The Balaban J connectivity index is 3.64. The molecule has 0 aromatic rings. The smallest absolute Gasteiger partial charge is 0.0723 e. The SMILES string of the molecule is CCCCCCCCCCCCC(O)C=C(C)CCCC(C)CCCC(C)CCCC(C)C. The highest BCUT2D eigenvalue weighted by Gasteiger charge is 2.07. The molecule has 1 N–H and O–H groups in total. The molecule has 0 amide bonds. The van der Waals surface area contributed by atoms with Gasteiger partial charge in [-0.3, -0.25) is 0 Å². The van der Waals surface area contributed by atoms with E-state index in [0.717, 1.165) is 30.6 Å². The lowest BCUT2D eigenvalue weighted by Gasteiger charge is -2.15. The van der Waals surface area contributed by atoms with Crippen molar-refractivity contribution >= 4 is 0 Å². The van der Waals surface area contributed by atoms with Gasteiger partial charge in [-0.1, -0.05) is 155 Å². The highest BCUT2D eigenvalue weighted by atomic mass is 16.3. The van der Waals surface area contributed by atoms with Gasteiger partial charge in [0.2, 0.25) is 0 Å². The minimum absolute atomic E-state index is 0.228. The zero-order chi connectivity index (χ0) is 24.7. The van der Waals surface area contributed by atoms with E-state index in [0.29, 0.717) is 0 Å². The number of hydrogen-bond donors (Lipinski definition) is 1. The molecular weight excluding hydrogens is 400 g/mol. The minimum Gasteiger partial charge on any atom is -0.389 e. The van der Waals surface area contributed by atoms with Gasteiger partial charge in [0.15, 0.2) is 0 Å². The largest absolute Gasteiger partial charge is 0.389 e. The maximum absolute atomic E-state index is 10.3. The van der Waals surface area contributed by atoms with Gasteiger partial charge >= 0.3 is 0 Å². The van der Waals surface area contributed by atoms with Crippen LogP contribution in [0.15, 0.2) is 11.6 Å². The van der Waals surface area contributed by atoms with E-state index < -0.39 is 0 Å². The molecule has 0 aliphatic rings. The molecule has 0 radical (unpaired) electrons. The third-order valence-electron chi connectivity index (χ3n) is 7.47. The molecule has 33 heavy (non-hydrogen) atoms. The van der Waals surface area contributed by atoms with Crippen LogP contribution in [0.3, 0.4) is 0 Å². The first kappa shape index (κ1) is 32.7. The maximum atomic E-state index is 10.3. The van der Waals surface area contributed by atoms with Crippen molar-refractivity contribution in [3.63, 3.8) is 0 Å². The number of allylic oxidation sites excluding steroid dienone is 1. The monoisotopic (exact) mass is 464 g/mol. The van der Waals surface area contributed by atoms with E-state index in [2.05, 4.69) is 47.6 Å². The number of unbranched alkanes of at least 4 members (excludes halogenated alkanes) is 9. The van der Waals surface area contributed by atoms with Crippen LogP contribution in [0.5, 0.6) is 0 Å². The zero-order valence-corrected chi connectivity index (χ0v) is 24.0. The molecule has 0 rings (SSSR count). The molecule has 0 aromatic heterocycles.